The largest absolute Gasteiger partial charge is 0.335 e. The molecule has 0 N–H and O–H groups in total. The molecular weight excluding hydrogens is 567 g/mol. The first-order valence-electron chi connectivity index (χ1n) is 17.7. The summed E-state index contributed by atoms with van der Waals surface area (Å²) in [6.45, 7) is 14.4. The molecule has 1 unspecified atom stereocenters. The molecular formula is C44H45BN2. The van der Waals surface area contributed by atoms with Crippen molar-refractivity contribution in [2.45, 2.75) is 85.1 Å². The fourth-order valence-electron chi connectivity index (χ4n) is 9.40. The molecule has 1 atom stereocenters. The van der Waals surface area contributed by atoms with E-state index < -0.39 is 0 Å². The number of nitrogens with zero attached hydrogens (tertiary/aromatic N) is 2. The van der Waals surface area contributed by atoms with Crippen LogP contribution in [0.3, 0.4) is 0 Å². The van der Waals surface area contributed by atoms with E-state index in [-0.39, 0.29) is 17.5 Å². The van der Waals surface area contributed by atoms with Gasteiger partial charge in [0.05, 0.1) is 6.04 Å². The van der Waals surface area contributed by atoms with E-state index in [2.05, 4.69) is 148 Å². The summed E-state index contributed by atoms with van der Waals surface area (Å²) in [5.74, 6) is 0. The van der Waals surface area contributed by atoms with Crippen molar-refractivity contribution in [3.05, 3.63) is 130 Å². The SMILES string of the molecule is Cc1ccccc1N1c2cc3c(cc2B2c4cc(C(C)(C)C)ccc4N(C4CCCc5ccccc54)c4cccc1c42)CC(C)(C)C3. The molecule has 0 bridgehead atoms. The average molecular weight is 613 g/mol. The first-order chi connectivity index (χ1) is 22.6. The van der Waals surface area contributed by atoms with Crippen LogP contribution in [0.1, 0.15) is 86.9 Å². The highest BCUT2D eigenvalue weighted by molar-refractivity contribution is 7.00. The quantitative estimate of drug-likeness (QED) is 0.180. The molecule has 2 heterocycles. The van der Waals surface area contributed by atoms with Gasteiger partial charge in [-0.2, -0.15) is 0 Å². The number of para-hydroxylation sites is 1. The van der Waals surface area contributed by atoms with Gasteiger partial charge < -0.3 is 9.80 Å². The highest BCUT2D eigenvalue weighted by atomic mass is 15.2. The van der Waals surface area contributed by atoms with Crippen LogP contribution in [-0.4, -0.2) is 6.71 Å². The zero-order chi connectivity index (χ0) is 32.2. The molecule has 0 aromatic heterocycles. The van der Waals surface area contributed by atoms with Crippen molar-refractivity contribution in [3.8, 4) is 0 Å². The van der Waals surface area contributed by atoms with Gasteiger partial charge in [-0.15, -0.1) is 0 Å². The van der Waals surface area contributed by atoms with Crippen LogP contribution < -0.4 is 26.2 Å². The Hall–Kier alpha value is -4.24. The minimum Gasteiger partial charge on any atom is -0.335 e. The topological polar surface area (TPSA) is 6.48 Å². The van der Waals surface area contributed by atoms with Gasteiger partial charge in [0, 0.05) is 28.4 Å². The van der Waals surface area contributed by atoms with Gasteiger partial charge in [0.15, 0.2) is 0 Å². The Morgan fingerprint density at radius 2 is 1.38 bits per heavy atom. The van der Waals surface area contributed by atoms with E-state index in [0.717, 1.165) is 19.3 Å². The number of anilines is 5. The summed E-state index contributed by atoms with van der Waals surface area (Å²) in [6, 6.07) is 38.2. The monoisotopic (exact) mass is 612 g/mol. The molecule has 5 aromatic carbocycles. The maximum atomic E-state index is 2.74. The zero-order valence-corrected chi connectivity index (χ0v) is 28.8. The van der Waals surface area contributed by atoms with Gasteiger partial charge in [-0.3, -0.25) is 0 Å². The molecule has 47 heavy (non-hydrogen) atoms. The van der Waals surface area contributed by atoms with Crippen molar-refractivity contribution < 1.29 is 0 Å². The zero-order valence-electron chi connectivity index (χ0n) is 28.8. The molecule has 3 heteroatoms. The lowest BCUT2D eigenvalue weighted by Crippen LogP contribution is -2.62. The van der Waals surface area contributed by atoms with Crippen LogP contribution in [0.4, 0.5) is 28.4 Å². The molecule has 0 fully saturated rings. The van der Waals surface area contributed by atoms with E-state index in [1.165, 1.54) is 91.0 Å². The maximum absolute atomic E-state index is 2.74. The van der Waals surface area contributed by atoms with E-state index in [4.69, 9.17) is 0 Å². The predicted molar refractivity (Wildman–Crippen MR) is 201 cm³/mol. The second kappa shape index (κ2) is 10.1. The van der Waals surface area contributed by atoms with E-state index in [1.54, 1.807) is 0 Å². The lowest BCUT2D eigenvalue weighted by molar-refractivity contribution is 0.392. The molecule has 234 valence electrons. The molecule has 0 radical (unpaired) electrons. The van der Waals surface area contributed by atoms with E-state index >= 15 is 0 Å². The molecule has 0 saturated heterocycles. The van der Waals surface area contributed by atoms with Crippen molar-refractivity contribution in [3.63, 3.8) is 0 Å². The first-order valence-corrected chi connectivity index (χ1v) is 17.7. The Morgan fingerprint density at radius 3 is 2.19 bits per heavy atom. The number of benzene rings is 5. The third-order valence-electron chi connectivity index (χ3n) is 11.6. The average Bonchev–Trinajstić information content (AvgIpc) is 3.36. The molecule has 2 aliphatic carbocycles. The normalized spacial score (nSPS) is 18.7. The number of fused-ring (bicyclic) bond motifs is 6. The van der Waals surface area contributed by atoms with Crippen LogP contribution in [0, 0.1) is 12.3 Å². The molecule has 0 spiro atoms. The Morgan fingerprint density at radius 1 is 0.681 bits per heavy atom. The summed E-state index contributed by atoms with van der Waals surface area (Å²) >= 11 is 0. The summed E-state index contributed by atoms with van der Waals surface area (Å²) in [7, 11) is 0. The van der Waals surface area contributed by atoms with E-state index in [1.807, 2.05) is 0 Å². The molecule has 0 amide bonds. The van der Waals surface area contributed by atoms with Crippen LogP contribution in [0.25, 0.3) is 0 Å². The highest BCUT2D eigenvalue weighted by Crippen LogP contribution is 2.48. The van der Waals surface area contributed by atoms with Gasteiger partial charge in [0.2, 0.25) is 0 Å². The van der Waals surface area contributed by atoms with Crippen molar-refractivity contribution in [1.82, 2.24) is 0 Å². The molecule has 5 aromatic rings. The molecule has 4 aliphatic rings. The Balaban J connectivity index is 1.37. The lowest BCUT2D eigenvalue weighted by atomic mass is 9.33. The van der Waals surface area contributed by atoms with Gasteiger partial charge in [-0.1, -0.05) is 101 Å². The third-order valence-corrected chi connectivity index (χ3v) is 11.6. The number of aryl methyl sites for hydroxylation is 2. The summed E-state index contributed by atoms with van der Waals surface area (Å²) in [5, 5.41) is 0. The number of hydrogen-bond donors (Lipinski definition) is 0. The van der Waals surface area contributed by atoms with Crippen molar-refractivity contribution in [1.29, 1.82) is 0 Å². The van der Waals surface area contributed by atoms with Crippen LogP contribution >= 0.6 is 0 Å². The summed E-state index contributed by atoms with van der Waals surface area (Å²) in [6.07, 6.45) is 5.82. The van der Waals surface area contributed by atoms with Crippen LogP contribution in [0.15, 0.2) is 97.1 Å². The minimum atomic E-state index is 0.0593. The number of rotatable bonds is 2. The number of hydrogen-bond acceptors (Lipinski definition) is 2. The van der Waals surface area contributed by atoms with Crippen molar-refractivity contribution in [2.75, 3.05) is 9.80 Å². The predicted octanol–water partition coefficient (Wildman–Crippen LogP) is 9.25. The molecule has 9 rings (SSSR count). The Bertz CT molecular complexity index is 2080. The fraction of sp³-hybridized carbons (Fsp3) is 0.318. The maximum Gasteiger partial charge on any atom is 0.252 e. The van der Waals surface area contributed by atoms with E-state index in [9.17, 15) is 0 Å². The summed E-state index contributed by atoms with van der Waals surface area (Å²) in [4.78, 5) is 5.35. The second-order valence-corrected chi connectivity index (χ2v) is 16.5. The van der Waals surface area contributed by atoms with Crippen molar-refractivity contribution >= 4 is 51.5 Å². The first kappa shape index (κ1) is 28.9. The molecule has 2 aliphatic heterocycles. The van der Waals surface area contributed by atoms with Gasteiger partial charge in [0.25, 0.3) is 6.71 Å². The molecule has 2 nitrogen and oxygen atoms in total. The highest BCUT2D eigenvalue weighted by Gasteiger charge is 2.46. The fourth-order valence-corrected chi connectivity index (χ4v) is 9.40. The van der Waals surface area contributed by atoms with Crippen molar-refractivity contribution in [2.24, 2.45) is 5.41 Å². The van der Waals surface area contributed by atoms with Crippen LogP contribution in [-0.2, 0) is 24.7 Å². The summed E-state index contributed by atoms with van der Waals surface area (Å²) < 4.78 is 0. The van der Waals surface area contributed by atoms with Gasteiger partial charge in [0.1, 0.15) is 0 Å². The third kappa shape index (κ3) is 4.38. The smallest absolute Gasteiger partial charge is 0.252 e. The van der Waals surface area contributed by atoms with Gasteiger partial charge in [-0.05, 0) is 130 Å². The van der Waals surface area contributed by atoms with Crippen LogP contribution in [0.2, 0.25) is 0 Å². The summed E-state index contributed by atoms with van der Waals surface area (Å²) in [5.41, 5.74) is 20.2. The minimum absolute atomic E-state index is 0.0593. The Kier molecular flexibility index (Phi) is 6.24. The second-order valence-electron chi connectivity index (χ2n) is 16.5. The Labute approximate surface area is 281 Å². The van der Waals surface area contributed by atoms with Gasteiger partial charge in [-0.25, -0.2) is 0 Å². The van der Waals surface area contributed by atoms with E-state index in [0.29, 0.717) is 6.04 Å². The van der Waals surface area contributed by atoms with Gasteiger partial charge >= 0.3 is 0 Å². The lowest BCUT2D eigenvalue weighted by Gasteiger charge is -2.48. The standard InChI is InChI=1S/C44H45BN2/c1-28-13-7-10-17-36(28)46-39-19-12-20-40-42(39)45(34-23-30-26-44(5,6)27-31(30)24-41(34)46)35-25-32(43(2,3)4)21-22-38(35)47(40)37-18-11-15-29-14-8-9-16-33(29)37/h7-10,12-14,16-17,19-25,37H,11,15,18,26-27H2,1-6H3. The van der Waals surface area contributed by atoms with Crippen LogP contribution in [0.5, 0.6) is 0 Å². The molecule has 0 saturated carbocycles.